The molecule has 0 heterocycles. The summed E-state index contributed by atoms with van der Waals surface area (Å²) in [7, 11) is 0. The van der Waals surface area contributed by atoms with Crippen LogP contribution in [-0.4, -0.2) is 0 Å². The first-order valence-electron chi connectivity index (χ1n) is 17.9. The Morgan fingerprint density at radius 3 is 0.673 bits per heavy atom. The van der Waals surface area contributed by atoms with Gasteiger partial charge in [-0.15, -0.1) is 0 Å². The molecule has 0 bridgehead atoms. The molecule has 0 saturated heterocycles. The fourth-order valence-corrected chi connectivity index (χ4v) is 6.83. The molecule has 2 nitrogen and oxygen atoms in total. The minimum Gasteiger partial charge on any atom is -0.311 e. The van der Waals surface area contributed by atoms with E-state index in [-0.39, 0.29) is 0 Å². The second-order valence-electron chi connectivity index (χ2n) is 13.1. The third-order valence-electron chi connectivity index (χ3n) is 9.50. The molecule has 0 aliphatic carbocycles. The Bertz CT molecular complexity index is 2030. The Morgan fingerprint density at radius 1 is 0.212 bits per heavy atom. The van der Waals surface area contributed by atoms with Gasteiger partial charge in [-0.2, -0.15) is 0 Å². The predicted octanol–water partition coefficient (Wildman–Crippen LogP) is 13.5. The van der Waals surface area contributed by atoms with Gasteiger partial charge in [0.25, 0.3) is 0 Å². The van der Waals surface area contributed by atoms with Crippen molar-refractivity contribution in [2.45, 2.75) is 12.8 Å². The topological polar surface area (TPSA) is 6.48 Å². The molecule has 0 radical (unpaired) electrons. The van der Waals surface area contributed by atoms with E-state index in [2.05, 4.69) is 228 Å². The third-order valence-corrected chi connectivity index (χ3v) is 9.50. The second-order valence-corrected chi connectivity index (χ2v) is 13.1. The number of para-hydroxylation sites is 4. The van der Waals surface area contributed by atoms with Gasteiger partial charge in [0, 0.05) is 34.1 Å². The molecule has 0 N–H and O–H groups in total. The van der Waals surface area contributed by atoms with Crippen LogP contribution in [0.25, 0.3) is 11.1 Å². The molecule has 0 amide bonds. The normalized spacial score (nSPS) is 10.8. The van der Waals surface area contributed by atoms with Crippen molar-refractivity contribution in [2.24, 2.45) is 0 Å². The monoisotopic (exact) mass is 668 g/mol. The summed E-state index contributed by atoms with van der Waals surface area (Å²) in [4.78, 5) is 4.60. The number of nitrogens with zero attached hydrogens (tertiary/aromatic N) is 2. The molecule has 0 saturated carbocycles. The first-order valence-corrected chi connectivity index (χ1v) is 17.9. The Hall–Kier alpha value is -6.64. The molecule has 8 aromatic rings. The number of anilines is 6. The van der Waals surface area contributed by atoms with Gasteiger partial charge >= 0.3 is 0 Å². The maximum Gasteiger partial charge on any atom is 0.0461 e. The van der Waals surface area contributed by atoms with Crippen LogP contribution in [0.15, 0.2) is 218 Å². The van der Waals surface area contributed by atoms with Gasteiger partial charge in [-0.1, -0.05) is 146 Å². The van der Waals surface area contributed by atoms with Gasteiger partial charge < -0.3 is 9.80 Å². The van der Waals surface area contributed by atoms with Crippen LogP contribution in [0, 0.1) is 0 Å². The van der Waals surface area contributed by atoms with Gasteiger partial charge in [0.1, 0.15) is 0 Å². The van der Waals surface area contributed by atoms with Crippen LogP contribution in [0.1, 0.15) is 22.3 Å². The molecule has 250 valence electrons. The highest BCUT2D eigenvalue weighted by Gasteiger charge is 2.13. The molecule has 8 aromatic carbocycles. The van der Waals surface area contributed by atoms with Gasteiger partial charge in [0.2, 0.25) is 0 Å². The molecule has 0 aromatic heterocycles. The van der Waals surface area contributed by atoms with Gasteiger partial charge in [-0.25, -0.2) is 0 Å². The molecule has 0 atom stereocenters. The number of rotatable bonds is 11. The van der Waals surface area contributed by atoms with E-state index in [9.17, 15) is 0 Å². The van der Waals surface area contributed by atoms with E-state index in [0.717, 1.165) is 47.0 Å². The quantitative estimate of drug-likeness (QED) is 0.135. The largest absolute Gasteiger partial charge is 0.311 e. The summed E-state index contributed by atoms with van der Waals surface area (Å²) >= 11 is 0. The van der Waals surface area contributed by atoms with E-state index < -0.39 is 0 Å². The summed E-state index contributed by atoms with van der Waals surface area (Å²) in [6.07, 6.45) is 1.78. The summed E-state index contributed by atoms with van der Waals surface area (Å²) in [6.45, 7) is 0. The summed E-state index contributed by atoms with van der Waals surface area (Å²) in [6, 6.07) is 78.1. The van der Waals surface area contributed by atoms with E-state index in [1.54, 1.807) is 0 Å². The van der Waals surface area contributed by atoms with Crippen LogP contribution >= 0.6 is 0 Å². The van der Waals surface area contributed by atoms with Crippen LogP contribution < -0.4 is 9.80 Å². The molecule has 0 fully saturated rings. The average Bonchev–Trinajstić information content (AvgIpc) is 3.22. The fourth-order valence-electron chi connectivity index (χ4n) is 6.83. The van der Waals surface area contributed by atoms with Crippen molar-refractivity contribution in [2.75, 3.05) is 9.80 Å². The summed E-state index contributed by atoms with van der Waals surface area (Å²) < 4.78 is 0. The van der Waals surface area contributed by atoms with Gasteiger partial charge in [-0.05, 0) is 119 Å². The van der Waals surface area contributed by atoms with Crippen LogP contribution in [0.4, 0.5) is 34.1 Å². The van der Waals surface area contributed by atoms with Crippen molar-refractivity contribution in [1.29, 1.82) is 0 Å². The molecule has 8 rings (SSSR count). The van der Waals surface area contributed by atoms with Crippen LogP contribution in [0.5, 0.6) is 0 Å². The van der Waals surface area contributed by atoms with Crippen molar-refractivity contribution in [3.05, 3.63) is 241 Å². The molecule has 0 aliphatic rings. The zero-order valence-electron chi connectivity index (χ0n) is 29.1. The van der Waals surface area contributed by atoms with Gasteiger partial charge in [0.05, 0.1) is 0 Å². The minimum atomic E-state index is 0.892. The lowest BCUT2D eigenvalue weighted by Gasteiger charge is -2.25. The summed E-state index contributed by atoms with van der Waals surface area (Å²) in [5.74, 6) is 0. The zero-order chi connectivity index (χ0) is 35.0. The lowest BCUT2D eigenvalue weighted by molar-refractivity contribution is 1.18. The first kappa shape index (κ1) is 32.6. The van der Waals surface area contributed by atoms with E-state index in [4.69, 9.17) is 0 Å². The maximum absolute atomic E-state index is 2.30. The lowest BCUT2D eigenvalue weighted by Crippen LogP contribution is -2.09. The summed E-state index contributed by atoms with van der Waals surface area (Å²) in [5.41, 5.74) is 14.5. The highest BCUT2D eigenvalue weighted by atomic mass is 15.1. The molecular weight excluding hydrogens is 629 g/mol. The molecule has 0 spiro atoms. The Balaban J connectivity index is 0.914. The standard InChI is InChI=1S/C50H40N2/c1-5-13-45(14-6-1)51(46-15-7-2-8-16-46)49-33-25-41(26-34-49)37-39-21-29-43(30-22-39)44-31-23-40(24-32-44)38-42-27-35-50(36-28-42)52(47-17-9-3-10-18-47)48-19-11-4-12-20-48/h1-36H,37-38H2. The van der Waals surface area contributed by atoms with E-state index >= 15 is 0 Å². The van der Waals surface area contributed by atoms with Crippen molar-refractivity contribution < 1.29 is 0 Å². The van der Waals surface area contributed by atoms with E-state index in [1.807, 2.05) is 0 Å². The Labute approximate surface area is 307 Å². The molecular formula is C50H40N2. The van der Waals surface area contributed by atoms with E-state index in [1.165, 1.54) is 33.4 Å². The third kappa shape index (κ3) is 7.57. The number of hydrogen-bond acceptors (Lipinski definition) is 2. The maximum atomic E-state index is 2.30. The van der Waals surface area contributed by atoms with Crippen molar-refractivity contribution >= 4 is 34.1 Å². The van der Waals surface area contributed by atoms with Gasteiger partial charge in [-0.3, -0.25) is 0 Å². The SMILES string of the molecule is c1ccc(N(c2ccccc2)c2ccc(Cc3ccc(-c4ccc(Cc5ccc(N(c6ccccc6)c6ccccc6)cc5)cc4)cc3)cc2)cc1. The van der Waals surface area contributed by atoms with Crippen LogP contribution in [0.3, 0.4) is 0 Å². The molecule has 0 aliphatic heterocycles. The number of hydrogen-bond donors (Lipinski definition) is 0. The van der Waals surface area contributed by atoms with Crippen molar-refractivity contribution in [1.82, 2.24) is 0 Å². The van der Waals surface area contributed by atoms with Crippen LogP contribution in [-0.2, 0) is 12.8 Å². The Morgan fingerprint density at radius 2 is 0.423 bits per heavy atom. The highest BCUT2D eigenvalue weighted by Crippen LogP contribution is 2.36. The van der Waals surface area contributed by atoms with Crippen LogP contribution in [0.2, 0.25) is 0 Å². The van der Waals surface area contributed by atoms with E-state index in [0.29, 0.717) is 0 Å². The fraction of sp³-hybridized carbons (Fsp3) is 0.0400. The average molecular weight is 669 g/mol. The predicted molar refractivity (Wildman–Crippen MR) is 220 cm³/mol. The van der Waals surface area contributed by atoms with Crippen molar-refractivity contribution in [3.8, 4) is 11.1 Å². The molecule has 0 unspecified atom stereocenters. The Kier molecular flexibility index (Phi) is 9.70. The second kappa shape index (κ2) is 15.5. The lowest BCUT2D eigenvalue weighted by atomic mass is 9.98. The summed E-state index contributed by atoms with van der Waals surface area (Å²) in [5, 5.41) is 0. The molecule has 2 heteroatoms. The first-order chi connectivity index (χ1) is 25.8. The smallest absolute Gasteiger partial charge is 0.0461 e. The zero-order valence-corrected chi connectivity index (χ0v) is 29.1. The van der Waals surface area contributed by atoms with Crippen molar-refractivity contribution in [3.63, 3.8) is 0 Å². The van der Waals surface area contributed by atoms with Gasteiger partial charge in [0.15, 0.2) is 0 Å². The molecule has 52 heavy (non-hydrogen) atoms. The minimum absolute atomic E-state index is 0.892. The highest BCUT2D eigenvalue weighted by molar-refractivity contribution is 5.77. The number of benzene rings is 8.